The molecule has 4 rings (SSSR count). The summed E-state index contributed by atoms with van der Waals surface area (Å²) in [7, 11) is 0. The number of carbonyl (C=O) groups excluding carboxylic acids is 1. The van der Waals surface area contributed by atoms with E-state index in [0.717, 1.165) is 28.8 Å². The van der Waals surface area contributed by atoms with Crippen LogP contribution >= 0.6 is 0 Å². The van der Waals surface area contributed by atoms with E-state index in [0.29, 0.717) is 24.6 Å². The van der Waals surface area contributed by atoms with E-state index in [1.54, 1.807) is 29.7 Å². The largest absolute Gasteiger partial charge is 0.377 e. The molecule has 0 bridgehead atoms. The second-order valence-electron chi connectivity index (χ2n) is 6.52. The van der Waals surface area contributed by atoms with Gasteiger partial charge >= 0.3 is 0 Å². The highest BCUT2D eigenvalue weighted by molar-refractivity contribution is 5.94. The first-order valence-electron chi connectivity index (χ1n) is 8.83. The van der Waals surface area contributed by atoms with Gasteiger partial charge in [0.05, 0.1) is 24.8 Å². The molecule has 1 fully saturated rings. The summed E-state index contributed by atoms with van der Waals surface area (Å²) >= 11 is 0. The number of ether oxygens (including phenoxy) is 1. The Morgan fingerprint density at radius 2 is 1.96 bits per heavy atom. The highest BCUT2D eigenvalue weighted by Crippen LogP contribution is 2.29. The lowest BCUT2D eigenvalue weighted by Crippen LogP contribution is -2.44. The van der Waals surface area contributed by atoms with Crippen molar-refractivity contribution in [2.24, 2.45) is 0 Å². The Morgan fingerprint density at radius 1 is 1.19 bits per heavy atom. The van der Waals surface area contributed by atoms with Gasteiger partial charge < -0.3 is 9.64 Å². The fourth-order valence-corrected chi connectivity index (χ4v) is 3.28. The van der Waals surface area contributed by atoms with Gasteiger partial charge in [-0.2, -0.15) is 0 Å². The molecule has 0 spiro atoms. The van der Waals surface area contributed by atoms with Gasteiger partial charge in [-0.3, -0.25) is 10.0 Å². The molecule has 7 nitrogen and oxygen atoms in total. The van der Waals surface area contributed by atoms with E-state index in [9.17, 15) is 4.79 Å². The zero-order valence-corrected chi connectivity index (χ0v) is 14.9. The average molecular weight is 364 g/mol. The first-order chi connectivity index (χ1) is 13.2. The fraction of sp³-hybridized carbons (Fsp3) is 0.250. The normalized spacial score (nSPS) is 17.1. The minimum atomic E-state index is -0.552. The van der Waals surface area contributed by atoms with Crippen LogP contribution in [0.25, 0.3) is 22.3 Å². The number of hydroxylamine groups is 1. The minimum Gasteiger partial charge on any atom is -0.377 e. The quantitative estimate of drug-likeness (QED) is 0.549. The average Bonchev–Trinajstić information content (AvgIpc) is 2.73. The van der Waals surface area contributed by atoms with E-state index in [2.05, 4.69) is 11.8 Å². The van der Waals surface area contributed by atoms with Gasteiger partial charge in [0.2, 0.25) is 0 Å². The highest BCUT2D eigenvalue weighted by atomic mass is 16.5. The molecule has 0 radical (unpaired) electrons. The summed E-state index contributed by atoms with van der Waals surface area (Å²) in [4.78, 5) is 23.3. The number of morpholine rings is 1. The molecule has 1 atom stereocenters. The lowest BCUT2D eigenvalue weighted by atomic mass is 10.1. The maximum Gasteiger partial charge on any atom is 0.274 e. The summed E-state index contributed by atoms with van der Waals surface area (Å²) in [6, 6.07) is 15.0. The van der Waals surface area contributed by atoms with Crippen molar-refractivity contribution in [3.8, 4) is 11.4 Å². The molecule has 1 aliphatic rings. The molecule has 2 aromatic carbocycles. The molecule has 1 amide bonds. The van der Waals surface area contributed by atoms with Crippen LogP contribution in [-0.4, -0.2) is 46.9 Å². The third-order valence-electron chi connectivity index (χ3n) is 4.73. The molecule has 1 aromatic heterocycles. The molecule has 1 saturated heterocycles. The third-order valence-corrected chi connectivity index (χ3v) is 4.73. The molecule has 0 saturated carbocycles. The zero-order valence-electron chi connectivity index (χ0n) is 14.9. The van der Waals surface area contributed by atoms with Crippen molar-refractivity contribution in [1.29, 1.82) is 0 Å². The van der Waals surface area contributed by atoms with Gasteiger partial charge in [0, 0.05) is 23.1 Å². The second kappa shape index (κ2) is 7.30. The van der Waals surface area contributed by atoms with Gasteiger partial charge in [0.1, 0.15) is 5.82 Å². The lowest BCUT2D eigenvalue weighted by molar-refractivity contribution is 0.0706. The Labute approximate surface area is 156 Å². The van der Waals surface area contributed by atoms with Crippen molar-refractivity contribution < 1.29 is 14.7 Å². The van der Waals surface area contributed by atoms with Crippen LogP contribution < -0.4 is 10.4 Å². The molecule has 138 valence electrons. The van der Waals surface area contributed by atoms with Crippen molar-refractivity contribution in [3.05, 3.63) is 54.1 Å². The monoisotopic (exact) mass is 364 g/mol. The maximum absolute atomic E-state index is 11.5. The summed E-state index contributed by atoms with van der Waals surface area (Å²) in [6.07, 6.45) is 0. The van der Waals surface area contributed by atoms with Crippen LogP contribution in [0.15, 0.2) is 48.5 Å². The molecule has 7 heteroatoms. The van der Waals surface area contributed by atoms with Crippen LogP contribution in [0.5, 0.6) is 0 Å². The fourth-order valence-electron chi connectivity index (χ4n) is 3.28. The molecular weight excluding hydrogens is 344 g/mol. The van der Waals surface area contributed by atoms with E-state index in [1.165, 1.54) is 0 Å². The van der Waals surface area contributed by atoms with Gasteiger partial charge in [0.15, 0.2) is 5.82 Å². The number of hydrogen-bond donors (Lipinski definition) is 2. The highest BCUT2D eigenvalue weighted by Gasteiger charge is 2.23. The third kappa shape index (κ3) is 3.34. The smallest absolute Gasteiger partial charge is 0.274 e. The van der Waals surface area contributed by atoms with Crippen molar-refractivity contribution in [2.45, 2.75) is 13.0 Å². The van der Waals surface area contributed by atoms with Crippen LogP contribution in [-0.2, 0) is 4.74 Å². The number of benzene rings is 2. The standard InChI is InChI=1S/C20H20N4O3/c1-13-12-27-11-10-24(13)19-16-4-2-3-5-17(16)21-18(22-19)14-6-8-15(9-7-14)20(25)23-26/h2-9,13,26H,10-12H2,1H3,(H,23,25)/t13-/m1/s1. The summed E-state index contributed by atoms with van der Waals surface area (Å²) < 4.78 is 5.56. The number of nitrogens with zero attached hydrogens (tertiary/aromatic N) is 3. The van der Waals surface area contributed by atoms with Crippen molar-refractivity contribution in [2.75, 3.05) is 24.7 Å². The molecule has 2 N–H and O–H groups in total. The summed E-state index contributed by atoms with van der Waals surface area (Å²) in [6.45, 7) is 4.23. The van der Waals surface area contributed by atoms with E-state index < -0.39 is 5.91 Å². The maximum atomic E-state index is 11.5. The van der Waals surface area contributed by atoms with Gasteiger partial charge in [-0.05, 0) is 31.2 Å². The SMILES string of the molecule is C[C@@H]1COCCN1c1nc(-c2ccc(C(=O)NO)cc2)nc2ccccc12. The first-order valence-corrected chi connectivity index (χ1v) is 8.83. The van der Waals surface area contributed by atoms with Crippen LogP contribution in [0.4, 0.5) is 5.82 Å². The number of para-hydroxylation sites is 1. The number of hydrogen-bond acceptors (Lipinski definition) is 6. The Balaban J connectivity index is 1.81. The number of aromatic nitrogens is 2. The lowest BCUT2D eigenvalue weighted by Gasteiger charge is -2.35. The molecule has 0 aliphatic carbocycles. The van der Waals surface area contributed by atoms with Gasteiger partial charge in [-0.1, -0.05) is 24.3 Å². The Kier molecular flexibility index (Phi) is 4.70. The van der Waals surface area contributed by atoms with Gasteiger partial charge in [0.25, 0.3) is 5.91 Å². The summed E-state index contributed by atoms with van der Waals surface area (Å²) in [5, 5.41) is 9.76. The van der Waals surface area contributed by atoms with Gasteiger partial charge in [-0.25, -0.2) is 15.4 Å². The van der Waals surface area contributed by atoms with E-state index in [-0.39, 0.29) is 6.04 Å². The van der Waals surface area contributed by atoms with E-state index >= 15 is 0 Å². The molecule has 3 aromatic rings. The molecule has 1 aliphatic heterocycles. The Hall–Kier alpha value is -3.03. The van der Waals surface area contributed by atoms with Crippen LogP contribution in [0.1, 0.15) is 17.3 Å². The number of amides is 1. The number of rotatable bonds is 3. The number of nitrogens with one attached hydrogen (secondary N) is 1. The second-order valence-corrected chi connectivity index (χ2v) is 6.52. The van der Waals surface area contributed by atoms with Crippen LogP contribution in [0, 0.1) is 0 Å². The number of carbonyl (C=O) groups is 1. The van der Waals surface area contributed by atoms with Gasteiger partial charge in [-0.15, -0.1) is 0 Å². The predicted octanol–water partition coefficient (Wildman–Crippen LogP) is 2.64. The molecule has 2 heterocycles. The molecular formula is C20H20N4O3. The van der Waals surface area contributed by atoms with E-state index in [1.807, 2.05) is 24.3 Å². The van der Waals surface area contributed by atoms with Crippen molar-refractivity contribution >= 4 is 22.6 Å². The summed E-state index contributed by atoms with van der Waals surface area (Å²) in [5.41, 5.74) is 3.67. The topological polar surface area (TPSA) is 87.6 Å². The number of fused-ring (bicyclic) bond motifs is 1. The summed E-state index contributed by atoms with van der Waals surface area (Å²) in [5.74, 6) is 0.936. The van der Waals surface area contributed by atoms with Crippen molar-refractivity contribution in [1.82, 2.24) is 15.4 Å². The molecule has 27 heavy (non-hydrogen) atoms. The molecule has 0 unspecified atom stereocenters. The minimum absolute atomic E-state index is 0.223. The Morgan fingerprint density at radius 3 is 2.70 bits per heavy atom. The Bertz CT molecular complexity index is 975. The first kappa shape index (κ1) is 17.4. The van der Waals surface area contributed by atoms with Crippen molar-refractivity contribution in [3.63, 3.8) is 0 Å². The van der Waals surface area contributed by atoms with Crippen LogP contribution in [0.3, 0.4) is 0 Å². The number of anilines is 1. The van der Waals surface area contributed by atoms with Crippen LogP contribution in [0.2, 0.25) is 0 Å². The zero-order chi connectivity index (χ0) is 18.8. The van der Waals surface area contributed by atoms with E-state index in [4.69, 9.17) is 19.9 Å². The predicted molar refractivity (Wildman–Crippen MR) is 102 cm³/mol.